The van der Waals surface area contributed by atoms with Crippen molar-refractivity contribution in [1.82, 2.24) is 4.90 Å². The number of amides is 1. The molecule has 19 heavy (non-hydrogen) atoms. The first-order valence-electron chi connectivity index (χ1n) is 6.28. The zero-order chi connectivity index (χ0) is 14.6. The van der Waals surface area contributed by atoms with Crippen LogP contribution in [0.2, 0.25) is 0 Å². The summed E-state index contributed by atoms with van der Waals surface area (Å²) in [5, 5.41) is 12.6. The average molecular weight is 265 g/mol. The lowest BCUT2D eigenvalue weighted by Gasteiger charge is -2.29. The Labute approximate surface area is 114 Å². The van der Waals surface area contributed by atoms with Crippen molar-refractivity contribution in [3.05, 3.63) is 24.3 Å². The molecule has 0 bridgehead atoms. The Kier molecular flexibility index (Phi) is 4.91. The molecule has 1 aromatic carbocycles. The van der Waals surface area contributed by atoms with Crippen LogP contribution in [0.15, 0.2) is 24.3 Å². The number of nitrogens with zero attached hydrogens (tertiary/aromatic N) is 1. The fourth-order valence-electron chi connectivity index (χ4n) is 1.76. The van der Waals surface area contributed by atoms with Crippen LogP contribution in [0.25, 0.3) is 0 Å². The SMILES string of the molecule is CC(C(=O)Nc1ccc(N)cc1)N(C)CC(C)(C)O. The quantitative estimate of drug-likeness (QED) is 0.701. The summed E-state index contributed by atoms with van der Waals surface area (Å²) < 4.78 is 0. The zero-order valence-corrected chi connectivity index (χ0v) is 12.0. The van der Waals surface area contributed by atoms with Crippen molar-refractivity contribution in [3.63, 3.8) is 0 Å². The van der Waals surface area contributed by atoms with Gasteiger partial charge < -0.3 is 16.2 Å². The van der Waals surface area contributed by atoms with E-state index in [4.69, 9.17) is 5.73 Å². The minimum atomic E-state index is -0.829. The summed E-state index contributed by atoms with van der Waals surface area (Å²) in [7, 11) is 1.81. The van der Waals surface area contributed by atoms with E-state index >= 15 is 0 Å². The van der Waals surface area contributed by atoms with Gasteiger partial charge in [0.1, 0.15) is 0 Å². The molecule has 106 valence electrons. The highest BCUT2D eigenvalue weighted by molar-refractivity contribution is 5.94. The van der Waals surface area contributed by atoms with Crippen molar-refractivity contribution in [3.8, 4) is 0 Å². The van der Waals surface area contributed by atoms with Crippen molar-refractivity contribution in [1.29, 1.82) is 0 Å². The van der Waals surface area contributed by atoms with Crippen LogP contribution in [-0.2, 0) is 4.79 Å². The van der Waals surface area contributed by atoms with Gasteiger partial charge in [0.2, 0.25) is 5.91 Å². The first kappa shape index (κ1) is 15.5. The Morgan fingerprint density at radius 2 is 1.95 bits per heavy atom. The monoisotopic (exact) mass is 265 g/mol. The summed E-state index contributed by atoms with van der Waals surface area (Å²) in [6, 6.07) is 6.66. The van der Waals surface area contributed by atoms with Gasteiger partial charge in [-0.1, -0.05) is 0 Å². The van der Waals surface area contributed by atoms with Crippen LogP contribution in [0.3, 0.4) is 0 Å². The molecule has 0 saturated carbocycles. The Hall–Kier alpha value is -1.59. The second-order valence-electron chi connectivity index (χ2n) is 5.51. The standard InChI is InChI=1S/C14H23N3O2/c1-10(17(4)9-14(2,3)19)13(18)16-12-7-5-11(15)6-8-12/h5-8,10,19H,9,15H2,1-4H3,(H,16,18). The number of hydrogen-bond donors (Lipinski definition) is 3. The van der Waals surface area contributed by atoms with Crippen molar-refractivity contribution in [2.24, 2.45) is 0 Å². The molecule has 0 fully saturated rings. The lowest BCUT2D eigenvalue weighted by Crippen LogP contribution is -2.46. The largest absolute Gasteiger partial charge is 0.399 e. The van der Waals surface area contributed by atoms with Gasteiger partial charge in [-0.3, -0.25) is 9.69 Å². The lowest BCUT2D eigenvalue weighted by molar-refractivity contribution is -0.121. The smallest absolute Gasteiger partial charge is 0.241 e. The number of nitrogens with two attached hydrogens (primary N) is 1. The number of carbonyl (C=O) groups excluding carboxylic acids is 1. The molecule has 1 aromatic rings. The molecule has 5 nitrogen and oxygen atoms in total. The molecule has 0 radical (unpaired) electrons. The van der Waals surface area contributed by atoms with Crippen LogP contribution < -0.4 is 11.1 Å². The molecule has 0 heterocycles. The maximum absolute atomic E-state index is 12.1. The van der Waals surface area contributed by atoms with E-state index in [1.54, 1.807) is 45.0 Å². The van der Waals surface area contributed by atoms with E-state index in [0.717, 1.165) is 0 Å². The number of hydrogen-bond acceptors (Lipinski definition) is 4. The third-order valence-corrected chi connectivity index (χ3v) is 2.86. The fourth-order valence-corrected chi connectivity index (χ4v) is 1.76. The number of carbonyl (C=O) groups is 1. The minimum Gasteiger partial charge on any atom is -0.399 e. The number of aliphatic hydroxyl groups is 1. The topological polar surface area (TPSA) is 78.6 Å². The third-order valence-electron chi connectivity index (χ3n) is 2.86. The van der Waals surface area contributed by atoms with Gasteiger partial charge in [-0.15, -0.1) is 0 Å². The lowest BCUT2D eigenvalue weighted by atomic mass is 10.1. The maximum atomic E-state index is 12.1. The van der Waals surface area contributed by atoms with Crippen LogP contribution in [0.4, 0.5) is 11.4 Å². The van der Waals surface area contributed by atoms with E-state index in [0.29, 0.717) is 17.9 Å². The van der Waals surface area contributed by atoms with E-state index in [9.17, 15) is 9.90 Å². The van der Waals surface area contributed by atoms with Gasteiger partial charge in [0, 0.05) is 17.9 Å². The molecule has 0 aromatic heterocycles. The van der Waals surface area contributed by atoms with Crippen LogP contribution in [0.1, 0.15) is 20.8 Å². The molecule has 0 aliphatic rings. The predicted molar refractivity (Wildman–Crippen MR) is 77.9 cm³/mol. The number of nitrogens with one attached hydrogen (secondary N) is 1. The minimum absolute atomic E-state index is 0.114. The summed E-state index contributed by atoms with van der Waals surface area (Å²) in [6.07, 6.45) is 0. The molecule has 1 unspecified atom stereocenters. The molecular formula is C14H23N3O2. The Morgan fingerprint density at radius 3 is 2.42 bits per heavy atom. The van der Waals surface area contributed by atoms with E-state index in [2.05, 4.69) is 5.32 Å². The molecule has 1 atom stereocenters. The highest BCUT2D eigenvalue weighted by Crippen LogP contribution is 2.12. The second-order valence-corrected chi connectivity index (χ2v) is 5.51. The number of rotatable bonds is 5. The molecular weight excluding hydrogens is 242 g/mol. The number of anilines is 2. The molecule has 4 N–H and O–H groups in total. The van der Waals surface area contributed by atoms with Crippen LogP contribution in [0.5, 0.6) is 0 Å². The van der Waals surface area contributed by atoms with Crippen LogP contribution in [0, 0.1) is 0 Å². The van der Waals surface area contributed by atoms with E-state index in [1.807, 2.05) is 11.9 Å². The Balaban J connectivity index is 2.59. The van der Waals surface area contributed by atoms with Gasteiger partial charge in [-0.2, -0.15) is 0 Å². The molecule has 0 aliphatic carbocycles. The first-order chi connectivity index (χ1) is 8.69. The van der Waals surface area contributed by atoms with Crippen molar-refractivity contribution < 1.29 is 9.90 Å². The van der Waals surface area contributed by atoms with Gasteiger partial charge in [0.25, 0.3) is 0 Å². The summed E-state index contributed by atoms with van der Waals surface area (Å²) in [5.41, 5.74) is 6.13. The van der Waals surface area contributed by atoms with Crippen LogP contribution >= 0.6 is 0 Å². The molecule has 5 heteroatoms. The van der Waals surface area contributed by atoms with Gasteiger partial charge in [0.15, 0.2) is 0 Å². The Bertz CT molecular complexity index is 423. The molecule has 0 saturated heterocycles. The second kappa shape index (κ2) is 6.04. The van der Waals surface area contributed by atoms with Gasteiger partial charge in [-0.25, -0.2) is 0 Å². The summed E-state index contributed by atoms with van der Waals surface area (Å²) in [6.45, 7) is 5.66. The fraction of sp³-hybridized carbons (Fsp3) is 0.500. The summed E-state index contributed by atoms with van der Waals surface area (Å²) >= 11 is 0. The van der Waals surface area contributed by atoms with Crippen molar-refractivity contribution in [2.75, 3.05) is 24.6 Å². The highest BCUT2D eigenvalue weighted by Gasteiger charge is 2.23. The van der Waals surface area contributed by atoms with E-state index < -0.39 is 5.60 Å². The van der Waals surface area contributed by atoms with Gasteiger partial charge in [0.05, 0.1) is 11.6 Å². The van der Waals surface area contributed by atoms with Gasteiger partial charge >= 0.3 is 0 Å². The maximum Gasteiger partial charge on any atom is 0.241 e. The number of benzene rings is 1. The molecule has 0 aliphatic heterocycles. The zero-order valence-electron chi connectivity index (χ0n) is 12.0. The number of likely N-dealkylation sites (N-methyl/N-ethyl adjacent to an activating group) is 1. The number of nitrogen functional groups attached to an aromatic ring is 1. The summed E-state index contributed by atoms with van der Waals surface area (Å²) in [4.78, 5) is 13.9. The average Bonchev–Trinajstić information content (AvgIpc) is 2.28. The first-order valence-corrected chi connectivity index (χ1v) is 6.28. The van der Waals surface area contributed by atoms with Gasteiger partial charge in [-0.05, 0) is 52.1 Å². The Morgan fingerprint density at radius 1 is 1.42 bits per heavy atom. The highest BCUT2D eigenvalue weighted by atomic mass is 16.3. The summed E-state index contributed by atoms with van der Waals surface area (Å²) in [5.74, 6) is -0.114. The molecule has 1 rings (SSSR count). The normalized spacial score (nSPS) is 13.4. The molecule has 1 amide bonds. The van der Waals surface area contributed by atoms with E-state index in [-0.39, 0.29) is 11.9 Å². The van der Waals surface area contributed by atoms with Crippen molar-refractivity contribution in [2.45, 2.75) is 32.4 Å². The third kappa shape index (κ3) is 5.28. The van der Waals surface area contributed by atoms with E-state index in [1.165, 1.54) is 0 Å². The van der Waals surface area contributed by atoms with Crippen molar-refractivity contribution >= 4 is 17.3 Å². The predicted octanol–water partition coefficient (Wildman–Crippen LogP) is 1.30. The van der Waals surface area contributed by atoms with Crippen LogP contribution in [-0.4, -0.2) is 41.1 Å². The molecule has 0 spiro atoms.